The van der Waals surface area contributed by atoms with Crippen LogP contribution in [0.3, 0.4) is 0 Å². The van der Waals surface area contributed by atoms with E-state index in [0.29, 0.717) is 0 Å². The van der Waals surface area contributed by atoms with Gasteiger partial charge in [-0.05, 0) is 24.6 Å². The Labute approximate surface area is 121 Å². The Bertz CT molecular complexity index is 430. The van der Waals surface area contributed by atoms with Gasteiger partial charge in [-0.3, -0.25) is 0 Å². The highest BCUT2D eigenvalue weighted by molar-refractivity contribution is 5.62. The minimum Gasteiger partial charge on any atom is -0.497 e. The first-order chi connectivity index (χ1) is 9.74. The molecule has 0 aliphatic rings. The monoisotopic (exact) mass is 279 g/mol. The Kier molecular flexibility index (Phi) is 7.77. The fourth-order valence-corrected chi connectivity index (χ4v) is 1.87. The summed E-state index contributed by atoms with van der Waals surface area (Å²) in [4.78, 5) is 0. The lowest BCUT2D eigenvalue weighted by molar-refractivity contribution is 0.200. The van der Waals surface area contributed by atoms with Crippen LogP contribution in [0.15, 0.2) is 23.8 Å². The maximum Gasteiger partial charge on any atom is 0.126 e. The van der Waals surface area contributed by atoms with Gasteiger partial charge in [0.05, 0.1) is 20.8 Å². The van der Waals surface area contributed by atoms with E-state index in [1.165, 1.54) is 5.57 Å². The van der Waals surface area contributed by atoms with Gasteiger partial charge >= 0.3 is 0 Å². The zero-order valence-corrected chi connectivity index (χ0v) is 12.9. The first-order valence-corrected chi connectivity index (χ1v) is 6.86. The topological polar surface area (TPSA) is 39.7 Å². The summed E-state index contributed by atoms with van der Waals surface area (Å²) in [7, 11) is 5.06. The van der Waals surface area contributed by atoms with Crippen LogP contribution in [-0.2, 0) is 4.74 Å². The van der Waals surface area contributed by atoms with Gasteiger partial charge in [0, 0.05) is 25.8 Å². The van der Waals surface area contributed by atoms with Gasteiger partial charge in [-0.1, -0.05) is 18.6 Å². The molecule has 112 valence electrons. The second-order valence-electron chi connectivity index (χ2n) is 4.43. The molecular formula is C16H25NO3. The molecule has 0 spiro atoms. The fourth-order valence-electron chi connectivity index (χ4n) is 1.87. The van der Waals surface area contributed by atoms with Crippen LogP contribution in [0.2, 0.25) is 0 Å². The number of methoxy groups -OCH3 is 3. The second-order valence-corrected chi connectivity index (χ2v) is 4.43. The van der Waals surface area contributed by atoms with Crippen LogP contribution < -0.4 is 14.8 Å². The molecule has 0 radical (unpaired) electrons. The van der Waals surface area contributed by atoms with E-state index in [4.69, 9.17) is 14.2 Å². The highest BCUT2D eigenvalue weighted by Gasteiger charge is 2.04. The molecule has 0 heterocycles. The Morgan fingerprint density at radius 3 is 2.60 bits per heavy atom. The molecule has 0 aliphatic carbocycles. The van der Waals surface area contributed by atoms with Gasteiger partial charge in [0.25, 0.3) is 0 Å². The standard InChI is InChI=1S/C16H25NO3/c1-5-13(12-17-8-9-18-2)10-14-11-15(19-3)6-7-16(14)20-4/h6-7,10-11,17H,5,8-9,12H2,1-4H3. The summed E-state index contributed by atoms with van der Waals surface area (Å²) < 4.78 is 15.7. The summed E-state index contributed by atoms with van der Waals surface area (Å²) in [5.41, 5.74) is 2.35. The third-order valence-electron chi connectivity index (χ3n) is 3.09. The summed E-state index contributed by atoms with van der Waals surface area (Å²) in [6.07, 6.45) is 3.14. The highest BCUT2D eigenvalue weighted by Crippen LogP contribution is 2.26. The van der Waals surface area contributed by atoms with E-state index in [-0.39, 0.29) is 0 Å². The van der Waals surface area contributed by atoms with E-state index in [1.54, 1.807) is 21.3 Å². The summed E-state index contributed by atoms with van der Waals surface area (Å²) >= 11 is 0. The van der Waals surface area contributed by atoms with Crippen molar-refractivity contribution in [3.05, 3.63) is 29.3 Å². The van der Waals surface area contributed by atoms with Gasteiger partial charge in [-0.25, -0.2) is 0 Å². The minimum absolute atomic E-state index is 0.722. The van der Waals surface area contributed by atoms with Crippen LogP contribution in [0, 0.1) is 0 Å². The predicted octanol–water partition coefficient (Wildman–Crippen LogP) is 2.73. The largest absolute Gasteiger partial charge is 0.497 e. The van der Waals surface area contributed by atoms with E-state index in [0.717, 1.165) is 43.2 Å². The van der Waals surface area contributed by atoms with E-state index in [2.05, 4.69) is 18.3 Å². The normalized spacial score (nSPS) is 11.5. The van der Waals surface area contributed by atoms with Crippen molar-refractivity contribution in [2.75, 3.05) is 41.0 Å². The Hall–Kier alpha value is -1.52. The molecule has 0 aromatic heterocycles. The van der Waals surface area contributed by atoms with Crippen molar-refractivity contribution >= 4 is 6.08 Å². The van der Waals surface area contributed by atoms with Crippen molar-refractivity contribution in [2.24, 2.45) is 0 Å². The number of hydrogen-bond acceptors (Lipinski definition) is 4. The van der Waals surface area contributed by atoms with E-state index in [1.807, 2.05) is 18.2 Å². The van der Waals surface area contributed by atoms with Crippen LogP contribution in [-0.4, -0.2) is 41.0 Å². The number of ether oxygens (including phenoxy) is 3. The lowest BCUT2D eigenvalue weighted by Crippen LogP contribution is -2.21. The van der Waals surface area contributed by atoms with Crippen LogP contribution in [0.5, 0.6) is 11.5 Å². The van der Waals surface area contributed by atoms with Crippen molar-refractivity contribution in [3.63, 3.8) is 0 Å². The van der Waals surface area contributed by atoms with Gasteiger partial charge in [0.2, 0.25) is 0 Å². The number of benzene rings is 1. The summed E-state index contributed by atoms with van der Waals surface area (Å²) in [5.74, 6) is 1.69. The molecule has 4 nitrogen and oxygen atoms in total. The lowest BCUT2D eigenvalue weighted by Gasteiger charge is -2.11. The lowest BCUT2D eigenvalue weighted by atomic mass is 10.1. The summed E-state index contributed by atoms with van der Waals surface area (Å²) in [5, 5.41) is 3.36. The fraction of sp³-hybridized carbons (Fsp3) is 0.500. The zero-order valence-electron chi connectivity index (χ0n) is 12.9. The minimum atomic E-state index is 0.722. The zero-order chi connectivity index (χ0) is 14.8. The summed E-state index contributed by atoms with van der Waals surface area (Å²) in [6, 6.07) is 5.82. The quantitative estimate of drug-likeness (QED) is 0.706. The molecule has 0 aliphatic heterocycles. The molecule has 1 N–H and O–H groups in total. The molecule has 0 amide bonds. The molecular weight excluding hydrogens is 254 g/mol. The number of rotatable bonds is 9. The van der Waals surface area contributed by atoms with Crippen LogP contribution in [0.4, 0.5) is 0 Å². The van der Waals surface area contributed by atoms with Crippen molar-refractivity contribution in [1.82, 2.24) is 5.32 Å². The second kappa shape index (κ2) is 9.39. The molecule has 1 aromatic carbocycles. The maximum atomic E-state index is 5.39. The molecule has 1 aromatic rings. The van der Waals surface area contributed by atoms with Gasteiger partial charge < -0.3 is 19.5 Å². The van der Waals surface area contributed by atoms with Gasteiger partial charge in [-0.15, -0.1) is 0 Å². The average molecular weight is 279 g/mol. The molecule has 0 fully saturated rings. The number of nitrogens with one attached hydrogen (secondary N) is 1. The van der Waals surface area contributed by atoms with Crippen molar-refractivity contribution in [1.29, 1.82) is 0 Å². The molecule has 0 saturated heterocycles. The molecule has 0 bridgehead atoms. The Morgan fingerprint density at radius 2 is 2.00 bits per heavy atom. The molecule has 0 atom stereocenters. The number of hydrogen-bond donors (Lipinski definition) is 1. The maximum absolute atomic E-state index is 5.39. The highest BCUT2D eigenvalue weighted by atomic mass is 16.5. The average Bonchev–Trinajstić information content (AvgIpc) is 2.50. The van der Waals surface area contributed by atoms with Crippen LogP contribution in [0.1, 0.15) is 18.9 Å². The smallest absolute Gasteiger partial charge is 0.126 e. The summed E-state index contributed by atoms with van der Waals surface area (Å²) in [6.45, 7) is 4.57. The van der Waals surface area contributed by atoms with Crippen molar-refractivity contribution in [2.45, 2.75) is 13.3 Å². The van der Waals surface area contributed by atoms with Crippen molar-refractivity contribution in [3.8, 4) is 11.5 Å². The van der Waals surface area contributed by atoms with E-state index >= 15 is 0 Å². The molecule has 4 heteroatoms. The third kappa shape index (κ3) is 5.23. The van der Waals surface area contributed by atoms with Crippen LogP contribution >= 0.6 is 0 Å². The molecule has 0 unspecified atom stereocenters. The third-order valence-corrected chi connectivity index (χ3v) is 3.09. The Morgan fingerprint density at radius 1 is 1.20 bits per heavy atom. The molecule has 0 saturated carbocycles. The first kappa shape index (κ1) is 16.5. The van der Waals surface area contributed by atoms with Gasteiger partial charge in [-0.2, -0.15) is 0 Å². The first-order valence-electron chi connectivity index (χ1n) is 6.86. The van der Waals surface area contributed by atoms with Gasteiger partial charge in [0.15, 0.2) is 0 Å². The van der Waals surface area contributed by atoms with E-state index < -0.39 is 0 Å². The van der Waals surface area contributed by atoms with E-state index in [9.17, 15) is 0 Å². The molecule has 1 rings (SSSR count). The molecule has 20 heavy (non-hydrogen) atoms. The van der Waals surface area contributed by atoms with Crippen molar-refractivity contribution < 1.29 is 14.2 Å². The van der Waals surface area contributed by atoms with Crippen LogP contribution in [0.25, 0.3) is 6.08 Å². The Balaban J connectivity index is 2.81. The SMILES string of the molecule is CCC(=Cc1cc(OC)ccc1OC)CNCCOC. The van der Waals surface area contributed by atoms with Gasteiger partial charge in [0.1, 0.15) is 11.5 Å². The predicted molar refractivity (Wildman–Crippen MR) is 82.6 cm³/mol.